The molecule has 1 rings (SSSR count). The number of ether oxygens (including phenoxy) is 2. The molecule has 0 unspecified atom stereocenters. The summed E-state index contributed by atoms with van der Waals surface area (Å²) in [5.41, 5.74) is 0.928. The van der Waals surface area contributed by atoms with Crippen LogP contribution in [0.3, 0.4) is 0 Å². The predicted octanol–water partition coefficient (Wildman–Crippen LogP) is 3.42. The van der Waals surface area contributed by atoms with E-state index in [2.05, 4.69) is 6.58 Å². The summed E-state index contributed by atoms with van der Waals surface area (Å²) in [7, 11) is 0. The number of allylic oxidation sites excluding steroid dienone is 1. The van der Waals surface area contributed by atoms with Crippen molar-refractivity contribution in [3.05, 3.63) is 18.4 Å². The number of hydrogen-bond acceptors (Lipinski definition) is 3. The van der Waals surface area contributed by atoms with Gasteiger partial charge in [0.25, 0.3) is 0 Å². The van der Waals surface area contributed by atoms with Crippen LogP contribution >= 0.6 is 0 Å². The van der Waals surface area contributed by atoms with Gasteiger partial charge in [0.05, 0.1) is 19.0 Å². The van der Waals surface area contributed by atoms with Crippen molar-refractivity contribution in [2.75, 3.05) is 13.2 Å². The van der Waals surface area contributed by atoms with Gasteiger partial charge in [-0.3, -0.25) is 0 Å². The number of unbranched alkanes of at least 4 members (excludes halogenated alkanes) is 3. The molecule has 0 aromatic rings. The van der Waals surface area contributed by atoms with Crippen LogP contribution in [0.1, 0.15) is 51.4 Å². The van der Waals surface area contributed by atoms with Gasteiger partial charge in [0.2, 0.25) is 0 Å². The van der Waals surface area contributed by atoms with Gasteiger partial charge in [-0.2, -0.15) is 0 Å². The average molecular weight is 252 g/mol. The highest BCUT2D eigenvalue weighted by atomic mass is 16.5. The molecule has 0 aliphatic heterocycles. The Balaban J connectivity index is 1.89. The van der Waals surface area contributed by atoms with Gasteiger partial charge >= 0.3 is 0 Å². The fraction of sp³-hybridized carbons (Fsp3) is 0.733. The molecule has 102 valence electrons. The zero-order valence-corrected chi connectivity index (χ0v) is 11.2. The van der Waals surface area contributed by atoms with Crippen LogP contribution in [0, 0.1) is 0 Å². The van der Waals surface area contributed by atoms with E-state index in [1.54, 1.807) is 0 Å². The summed E-state index contributed by atoms with van der Waals surface area (Å²) >= 11 is 0. The maximum atomic E-state index is 10.5. The predicted molar refractivity (Wildman–Crippen MR) is 72.0 cm³/mol. The van der Waals surface area contributed by atoms with Gasteiger partial charge in [-0.05, 0) is 44.9 Å². The Bertz CT molecular complexity index is 269. The van der Waals surface area contributed by atoms with E-state index >= 15 is 0 Å². The SMILES string of the molecule is C=COCCCCCCOC1CCC(=C=O)CC1. The molecule has 1 saturated carbocycles. The summed E-state index contributed by atoms with van der Waals surface area (Å²) in [6, 6.07) is 0. The highest BCUT2D eigenvalue weighted by molar-refractivity contribution is 5.52. The largest absolute Gasteiger partial charge is 0.502 e. The van der Waals surface area contributed by atoms with E-state index in [1.165, 1.54) is 19.1 Å². The van der Waals surface area contributed by atoms with Crippen molar-refractivity contribution in [2.45, 2.75) is 57.5 Å². The molecule has 0 saturated heterocycles. The van der Waals surface area contributed by atoms with Crippen LogP contribution in [0.4, 0.5) is 0 Å². The molecule has 0 aromatic heterocycles. The summed E-state index contributed by atoms with van der Waals surface area (Å²) in [5, 5.41) is 0. The molecule has 1 fully saturated rings. The third kappa shape index (κ3) is 6.63. The lowest BCUT2D eigenvalue weighted by Gasteiger charge is -2.22. The minimum atomic E-state index is 0.353. The highest BCUT2D eigenvalue weighted by Gasteiger charge is 2.17. The molecule has 0 amide bonds. The monoisotopic (exact) mass is 252 g/mol. The minimum absolute atomic E-state index is 0.353. The molecule has 3 heteroatoms. The Morgan fingerprint density at radius 3 is 2.44 bits per heavy atom. The Labute approximate surface area is 110 Å². The smallest absolute Gasteiger partial charge is 0.123 e. The van der Waals surface area contributed by atoms with Crippen LogP contribution in [0.25, 0.3) is 0 Å². The molecule has 1 aliphatic rings. The van der Waals surface area contributed by atoms with Crippen molar-refractivity contribution >= 4 is 5.94 Å². The Morgan fingerprint density at radius 2 is 1.83 bits per heavy atom. The third-order valence-corrected chi connectivity index (χ3v) is 3.31. The first kappa shape index (κ1) is 15.0. The van der Waals surface area contributed by atoms with E-state index in [0.29, 0.717) is 6.10 Å². The van der Waals surface area contributed by atoms with Gasteiger partial charge < -0.3 is 9.47 Å². The Kier molecular flexibility index (Phi) is 8.28. The quantitative estimate of drug-likeness (QED) is 0.358. The summed E-state index contributed by atoms with van der Waals surface area (Å²) < 4.78 is 10.9. The lowest BCUT2D eigenvalue weighted by Crippen LogP contribution is -2.18. The van der Waals surface area contributed by atoms with Crippen LogP contribution in [0.5, 0.6) is 0 Å². The van der Waals surface area contributed by atoms with E-state index in [4.69, 9.17) is 9.47 Å². The van der Waals surface area contributed by atoms with E-state index in [1.807, 2.05) is 5.94 Å². The van der Waals surface area contributed by atoms with Gasteiger partial charge in [-0.25, -0.2) is 4.79 Å². The normalized spacial score (nSPS) is 19.3. The fourth-order valence-electron chi connectivity index (χ4n) is 2.18. The summed E-state index contributed by atoms with van der Waals surface area (Å²) in [4.78, 5) is 10.5. The molecule has 1 aliphatic carbocycles. The van der Waals surface area contributed by atoms with E-state index in [0.717, 1.165) is 57.3 Å². The Hall–Kier alpha value is -1.05. The second-order valence-corrected chi connectivity index (χ2v) is 4.73. The van der Waals surface area contributed by atoms with Gasteiger partial charge in [0.15, 0.2) is 0 Å². The lowest BCUT2D eigenvalue weighted by molar-refractivity contribution is 0.0332. The molecule has 0 heterocycles. The van der Waals surface area contributed by atoms with Crippen LogP contribution in [-0.2, 0) is 14.3 Å². The first-order valence-electron chi connectivity index (χ1n) is 6.93. The topological polar surface area (TPSA) is 35.5 Å². The van der Waals surface area contributed by atoms with Crippen molar-refractivity contribution in [1.82, 2.24) is 0 Å². The number of carbonyl (C=O) groups excluding carboxylic acids is 1. The van der Waals surface area contributed by atoms with Crippen LogP contribution in [0.15, 0.2) is 18.4 Å². The third-order valence-electron chi connectivity index (χ3n) is 3.31. The highest BCUT2D eigenvalue weighted by Crippen LogP contribution is 2.23. The zero-order valence-electron chi connectivity index (χ0n) is 11.2. The van der Waals surface area contributed by atoms with Crippen molar-refractivity contribution < 1.29 is 14.3 Å². The maximum Gasteiger partial charge on any atom is 0.123 e. The molecule has 0 aromatic carbocycles. The van der Waals surface area contributed by atoms with E-state index in [9.17, 15) is 4.79 Å². The lowest BCUT2D eigenvalue weighted by atomic mass is 9.94. The van der Waals surface area contributed by atoms with Crippen LogP contribution < -0.4 is 0 Å². The molecule has 0 bridgehead atoms. The molecule has 3 nitrogen and oxygen atoms in total. The van der Waals surface area contributed by atoms with Crippen molar-refractivity contribution in [2.24, 2.45) is 0 Å². The molecule has 0 N–H and O–H groups in total. The molecule has 0 radical (unpaired) electrons. The molecule has 0 atom stereocenters. The van der Waals surface area contributed by atoms with Gasteiger partial charge in [0, 0.05) is 12.2 Å². The average Bonchev–Trinajstić information content (AvgIpc) is 2.42. The second-order valence-electron chi connectivity index (χ2n) is 4.73. The van der Waals surface area contributed by atoms with Crippen molar-refractivity contribution in [3.63, 3.8) is 0 Å². The van der Waals surface area contributed by atoms with Gasteiger partial charge in [-0.1, -0.05) is 13.0 Å². The van der Waals surface area contributed by atoms with Crippen LogP contribution in [-0.4, -0.2) is 25.3 Å². The maximum absolute atomic E-state index is 10.5. The standard InChI is InChI=1S/C15H24O3/c1-2-17-11-5-3-4-6-12-18-15-9-7-14(13-16)8-10-15/h2,15H,1,3-12H2. The zero-order chi connectivity index (χ0) is 13.1. The minimum Gasteiger partial charge on any atom is -0.502 e. The van der Waals surface area contributed by atoms with Crippen LogP contribution in [0.2, 0.25) is 0 Å². The number of rotatable bonds is 9. The van der Waals surface area contributed by atoms with Crippen molar-refractivity contribution in [1.29, 1.82) is 0 Å². The second kappa shape index (κ2) is 9.93. The Morgan fingerprint density at radius 1 is 1.17 bits per heavy atom. The van der Waals surface area contributed by atoms with E-state index in [-0.39, 0.29) is 0 Å². The van der Waals surface area contributed by atoms with Crippen molar-refractivity contribution in [3.8, 4) is 0 Å². The molecular weight excluding hydrogens is 228 g/mol. The molecular formula is C15H24O3. The first-order chi connectivity index (χ1) is 8.86. The molecule has 18 heavy (non-hydrogen) atoms. The summed E-state index contributed by atoms with van der Waals surface area (Å²) in [5.74, 6) is 2.02. The fourth-order valence-corrected chi connectivity index (χ4v) is 2.18. The van der Waals surface area contributed by atoms with E-state index < -0.39 is 0 Å². The summed E-state index contributed by atoms with van der Waals surface area (Å²) in [6.07, 6.45) is 10.1. The first-order valence-corrected chi connectivity index (χ1v) is 6.93. The summed E-state index contributed by atoms with van der Waals surface area (Å²) in [6.45, 7) is 5.12. The van der Waals surface area contributed by atoms with Gasteiger partial charge in [-0.15, -0.1) is 0 Å². The van der Waals surface area contributed by atoms with Gasteiger partial charge in [0.1, 0.15) is 5.94 Å². The molecule has 0 spiro atoms. The number of hydrogen-bond donors (Lipinski definition) is 0.